The summed E-state index contributed by atoms with van der Waals surface area (Å²) in [6, 6.07) is 0.186. The second-order valence-electron chi connectivity index (χ2n) is 5.58. The van der Waals surface area contributed by atoms with Gasteiger partial charge in [0, 0.05) is 19.6 Å². The van der Waals surface area contributed by atoms with Crippen molar-refractivity contribution in [3.63, 3.8) is 0 Å². The molecule has 0 saturated carbocycles. The maximum atomic E-state index is 12.5. The summed E-state index contributed by atoms with van der Waals surface area (Å²) in [5, 5.41) is 10.6. The zero-order valence-corrected chi connectivity index (χ0v) is 11.4. The molecule has 18 heavy (non-hydrogen) atoms. The molecule has 1 unspecified atom stereocenters. The molecule has 2 heterocycles. The number of aliphatic hydroxyl groups is 1. The van der Waals surface area contributed by atoms with Crippen molar-refractivity contribution in [1.82, 2.24) is 9.80 Å². The average molecular weight is 252 g/mol. The number of carbonyl (C=O) groups is 1. The molecule has 0 aromatic heterocycles. The maximum absolute atomic E-state index is 12.5. The Bertz CT molecular complexity index is 333. The Morgan fingerprint density at radius 1 is 1.44 bits per heavy atom. The van der Waals surface area contributed by atoms with Crippen molar-refractivity contribution in [2.24, 2.45) is 0 Å². The van der Waals surface area contributed by atoms with E-state index in [1.807, 2.05) is 18.0 Å². The lowest BCUT2D eigenvalue weighted by molar-refractivity contribution is -0.156. The van der Waals surface area contributed by atoms with Gasteiger partial charge in [0.1, 0.15) is 5.60 Å². The first-order valence-corrected chi connectivity index (χ1v) is 6.95. The quantitative estimate of drug-likeness (QED) is 0.762. The molecule has 0 spiro atoms. The van der Waals surface area contributed by atoms with E-state index in [9.17, 15) is 9.90 Å². The zero-order valence-electron chi connectivity index (χ0n) is 11.4. The summed E-state index contributed by atoms with van der Waals surface area (Å²) in [5.74, 6) is -0.0703. The summed E-state index contributed by atoms with van der Waals surface area (Å²) in [7, 11) is 2.03. The van der Waals surface area contributed by atoms with E-state index >= 15 is 0 Å². The van der Waals surface area contributed by atoms with E-state index in [4.69, 9.17) is 0 Å². The molecule has 0 aromatic rings. The lowest BCUT2D eigenvalue weighted by atomic mass is 9.89. The number of likely N-dealkylation sites (tertiary alicyclic amines) is 1. The van der Waals surface area contributed by atoms with Crippen molar-refractivity contribution < 1.29 is 9.90 Å². The number of nitrogens with zero attached hydrogens (tertiary/aromatic N) is 2. The molecule has 1 N–H and O–H groups in total. The molecule has 2 aliphatic heterocycles. The second kappa shape index (κ2) is 5.41. The first-order chi connectivity index (χ1) is 8.57. The fraction of sp³-hybridized carbons (Fsp3) is 0.786. The molecule has 1 atom stereocenters. The topological polar surface area (TPSA) is 43.8 Å². The predicted molar refractivity (Wildman–Crippen MR) is 71.2 cm³/mol. The molecule has 0 aliphatic carbocycles. The van der Waals surface area contributed by atoms with Crippen LogP contribution in [-0.2, 0) is 4.79 Å². The van der Waals surface area contributed by atoms with Gasteiger partial charge >= 0.3 is 0 Å². The Morgan fingerprint density at radius 2 is 2.11 bits per heavy atom. The number of amides is 1. The van der Waals surface area contributed by atoms with Crippen LogP contribution in [0.4, 0.5) is 0 Å². The molecule has 0 bridgehead atoms. The maximum Gasteiger partial charge on any atom is 0.255 e. The first-order valence-electron chi connectivity index (χ1n) is 6.95. The van der Waals surface area contributed by atoms with Gasteiger partial charge in [0.15, 0.2) is 0 Å². The third-order valence-corrected chi connectivity index (χ3v) is 4.12. The number of piperidine rings is 1. The van der Waals surface area contributed by atoms with Crippen LogP contribution in [0.5, 0.6) is 0 Å². The highest BCUT2D eigenvalue weighted by Crippen LogP contribution is 2.27. The average Bonchev–Trinajstić information content (AvgIpc) is 2.81. The predicted octanol–water partition coefficient (Wildman–Crippen LogP) is 1.01. The van der Waals surface area contributed by atoms with Gasteiger partial charge in [-0.3, -0.25) is 4.79 Å². The Morgan fingerprint density at radius 3 is 2.72 bits per heavy atom. The lowest BCUT2D eigenvalue weighted by Gasteiger charge is -2.39. The highest BCUT2D eigenvalue weighted by atomic mass is 16.3. The molecular formula is C14H24N2O2. The van der Waals surface area contributed by atoms with Crippen molar-refractivity contribution in [1.29, 1.82) is 0 Å². The summed E-state index contributed by atoms with van der Waals surface area (Å²) in [6.45, 7) is 4.37. The van der Waals surface area contributed by atoms with Gasteiger partial charge in [0.25, 0.3) is 5.91 Å². The minimum absolute atomic E-state index is 0.0703. The number of rotatable bonds is 3. The van der Waals surface area contributed by atoms with Crippen LogP contribution in [0, 0.1) is 0 Å². The minimum atomic E-state index is -1.13. The number of carbonyl (C=O) groups excluding carboxylic acids is 1. The van der Waals surface area contributed by atoms with E-state index in [0.29, 0.717) is 19.4 Å². The summed E-state index contributed by atoms with van der Waals surface area (Å²) < 4.78 is 0. The van der Waals surface area contributed by atoms with Crippen LogP contribution in [0.2, 0.25) is 0 Å². The molecule has 4 nitrogen and oxygen atoms in total. The third kappa shape index (κ3) is 2.59. The number of hydrogen-bond donors (Lipinski definition) is 1. The Labute approximate surface area is 109 Å². The standard InChI is InChI=1S/C14H24N2O2/c1-3-5-12-6-4-9-16(12)13(17)14(18)7-10-15(2)11-8-14/h4,6,12,18H,3,5,7-11H2,1-2H3. The minimum Gasteiger partial charge on any atom is -0.380 e. The van der Waals surface area contributed by atoms with Crippen LogP contribution >= 0.6 is 0 Å². The van der Waals surface area contributed by atoms with Crippen molar-refractivity contribution in [3.05, 3.63) is 12.2 Å². The monoisotopic (exact) mass is 252 g/mol. The molecule has 1 amide bonds. The first kappa shape index (κ1) is 13.6. The molecule has 2 rings (SSSR count). The van der Waals surface area contributed by atoms with Gasteiger partial charge in [-0.25, -0.2) is 0 Å². The lowest BCUT2D eigenvalue weighted by Crippen LogP contribution is -2.55. The highest BCUT2D eigenvalue weighted by Gasteiger charge is 2.43. The van der Waals surface area contributed by atoms with Crippen LogP contribution in [0.1, 0.15) is 32.6 Å². The van der Waals surface area contributed by atoms with Crippen LogP contribution in [0.3, 0.4) is 0 Å². The zero-order chi connectivity index (χ0) is 13.2. The van der Waals surface area contributed by atoms with E-state index in [-0.39, 0.29) is 11.9 Å². The van der Waals surface area contributed by atoms with Crippen molar-refractivity contribution in [3.8, 4) is 0 Å². The smallest absolute Gasteiger partial charge is 0.255 e. The molecule has 102 valence electrons. The largest absolute Gasteiger partial charge is 0.380 e. The molecular weight excluding hydrogens is 228 g/mol. The van der Waals surface area contributed by atoms with Crippen LogP contribution in [0.25, 0.3) is 0 Å². The van der Waals surface area contributed by atoms with Crippen LogP contribution in [-0.4, -0.2) is 59.1 Å². The normalized spacial score (nSPS) is 27.7. The van der Waals surface area contributed by atoms with Crippen molar-refractivity contribution in [2.45, 2.75) is 44.2 Å². The molecule has 0 radical (unpaired) electrons. The van der Waals surface area contributed by atoms with Gasteiger partial charge in [-0.15, -0.1) is 0 Å². The Kier molecular flexibility index (Phi) is 4.07. The van der Waals surface area contributed by atoms with Gasteiger partial charge in [0.05, 0.1) is 6.04 Å². The Hall–Kier alpha value is -0.870. The molecule has 0 aromatic carbocycles. The molecule has 1 fully saturated rings. The van der Waals surface area contributed by atoms with Gasteiger partial charge in [-0.05, 0) is 26.3 Å². The summed E-state index contributed by atoms with van der Waals surface area (Å²) in [5.41, 5.74) is -1.13. The van der Waals surface area contributed by atoms with Crippen LogP contribution < -0.4 is 0 Å². The molecule has 4 heteroatoms. The highest BCUT2D eigenvalue weighted by molar-refractivity contribution is 5.86. The van der Waals surface area contributed by atoms with Crippen LogP contribution in [0.15, 0.2) is 12.2 Å². The van der Waals surface area contributed by atoms with Crippen molar-refractivity contribution >= 4 is 5.91 Å². The van der Waals surface area contributed by atoms with E-state index in [2.05, 4.69) is 17.9 Å². The van der Waals surface area contributed by atoms with Gasteiger partial charge < -0.3 is 14.9 Å². The summed E-state index contributed by atoms with van der Waals surface area (Å²) in [6.07, 6.45) is 7.28. The molecule has 2 aliphatic rings. The summed E-state index contributed by atoms with van der Waals surface area (Å²) >= 11 is 0. The second-order valence-corrected chi connectivity index (χ2v) is 5.58. The van der Waals surface area contributed by atoms with Gasteiger partial charge in [-0.1, -0.05) is 25.5 Å². The SMILES string of the molecule is CCCC1C=CCN1C(=O)C1(O)CCN(C)CC1. The van der Waals surface area contributed by atoms with Gasteiger partial charge in [-0.2, -0.15) is 0 Å². The van der Waals surface area contributed by atoms with Gasteiger partial charge in [0.2, 0.25) is 0 Å². The fourth-order valence-electron chi connectivity index (χ4n) is 2.82. The third-order valence-electron chi connectivity index (χ3n) is 4.12. The van der Waals surface area contributed by atoms with E-state index in [0.717, 1.165) is 25.9 Å². The van der Waals surface area contributed by atoms with Crippen molar-refractivity contribution in [2.75, 3.05) is 26.7 Å². The Balaban J connectivity index is 2.02. The molecule has 1 saturated heterocycles. The fourth-order valence-corrected chi connectivity index (χ4v) is 2.82. The van der Waals surface area contributed by atoms with E-state index < -0.39 is 5.60 Å². The number of hydrogen-bond acceptors (Lipinski definition) is 3. The van der Waals surface area contributed by atoms with E-state index in [1.165, 1.54) is 0 Å². The summed E-state index contributed by atoms with van der Waals surface area (Å²) in [4.78, 5) is 16.5. The van der Waals surface area contributed by atoms with E-state index in [1.54, 1.807) is 0 Å².